The molecule has 1 amide bonds. The summed E-state index contributed by atoms with van der Waals surface area (Å²) in [6.07, 6.45) is 4.71. The second-order valence-electron chi connectivity index (χ2n) is 7.79. The molecule has 3 aromatic carbocycles. The van der Waals surface area contributed by atoms with E-state index in [-0.39, 0.29) is 5.91 Å². The minimum absolute atomic E-state index is 0.258. The minimum Gasteiger partial charge on any atom is -0.494 e. The number of carbonyl (C=O) groups excluding carboxylic acids is 1. The largest absolute Gasteiger partial charge is 0.494 e. The first-order valence-corrected chi connectivity index (χ1v) is 10.8. The lowest BCUT2D eigenvalue weighted by Gasteiger charge is -2.06. The van der Waals surface area contributed by atoms with Crippen molar-refractivity contribution in [3.05, 3.63) is 101 Å². The van der Waals surface area contributed by atoms with Crippen molar-refractivity contribution >= 4 is 23.0 Å². The van der Waals surface area contributed by atoms with E-state index in [1.165, 1.54) is 11.1 Å². The van der Waals surface area contributed by atoms with Gasteiger partial charge in [-0.05, 0) is 49.2 Å². The molecule has 5 heteroatoms. The molecule has 1 N–H and O–H groups in total. The van der Waals surface area contributed by atoms with Crippen LogP contribution in [0, 0.1) is 6.92 Å². The number of hydrazone groups is 1. The number of fused-ring (bicyclic) bond motifs is 1. The molecule has 1 heterocycles. The number of ether oxygens (including phenoxy) is 1. The van der Waals surface area contributed by atoms with Gasteiger partial charge in [-0.3, -0.25) is 4.79 Å². The van der Waals surface area contributed by atoms with Gasteiger partial charge in [-0.1, -0.05) is 55.0 Å². The normalized spacial score (nSPS) is 11.2. The van der Waals surface area contributed by atoms with Crippen LogP contribution in [0.15, 0.2) is 84.1 Å². The maximum Gasteiger partial charge on any atom is 0.271 e. The summed E-state index contributed by atoms with van der Waals surface area (Å²) in [5.74, 6) is 0.500. The van der Waals surface area contributed by atoms with Crippen LogP contribution in [-0.2, 0) is 6.54 Å². The van der Waals surface area contributed by atoms with Crippen LogP contribution in [0.1, 0.15) is 40.4 Å². The van der Waals surface area contributed by atoms with Gasteiger partial charge in [-0.25, -0.2) is 5.43 Å². The van der Waals surface area contributed by atoms with Crippen molar-refractivity contribution < 1.29 is 9.53 Å². The average molecular weight is 426 g/mol. The Hall–Kier alpha value is -3.86. The molecule has 0 aliphatic rings. The molecule has 4 rings (SSSR count). The Morgan fingerprint density at radius 3 is 2.53 bits per heavy atom. The Bertz CT molecular complexity index is 1220. The maximum absolute atomic E-state index is 12.4. The Morgan fingerprint density at radius 2 is 1.78 bits per heavy atom. The number of aryl methyl sites for hydroxylation is 1. The van der Waals surface area contributed by atoms with Crippen LogP contribution in [0.4, 0.5) is 0 Å². The number of aromatic nitrogens is 1. The predicted octanol–water partition coefficient (Wildman–Crippen LogP) is 5.55. The number of para-hydroxylation sites is 1. The summed E-state index contributed by atoms with van der Waals surface area (Å²) >= 11 is 0. The molecule has 0 atom stereocenters. The minimum atomic E-state index is -0.258. The molecule has 0 spiro atoms. The fraction of sp³-hybridized carbons (Fsp3) is 0.185. The number of nitrogens with zero attached hydrogens (tertiary/aromatic N) is 2. The van der Waals surface area contributed by atoms with E-state index in [0.717, 1.165) is 35.2 Å². The van der Waals surface area contributed by atoms with Crippen LogP contribution in [0.3, 0.4) is 0 Å². The molecule has 0 aliphatic carbocycles. The topological polar surface area (TPSA) is 55.6 Å². The van der Waals surface area contributed by atoms with E-state index < -0.39 is 0 Å². The molecule has 0 radical (unpaired) electrons. The van der Waals surface area contributed by atoms with Crippen molar-refractivity contribution in [1.29, 1.82) is 0 Å². The van der Waals surface area contributed by atoms with Gasteiger partial charge in [0.05, 0.1) is 12.8 Å². The second kappa shape index (κ2) is 9.96. The summed E-state index contributed by atoms with van der Waals surface area (Å²) < 4.78 is 7.76. The quantitative estimate of drug-likeness (QED) is 0.297. The van der Waals surface area contributed by atoms with Crippen LogP contribution in [0.2, 0.25) is 0 Å². The van der Waals surface area contributed by atoms with E-state index >= 15 is 0 Å². The Morgan fingerprint density at radius 1 is 1.03 bits per heavy atom. The molecular weight excluding hydrogens is 398 g/mol. The molecule has 0 aliphatic heterocycles. The highest BCUT2D eigenvalue weighted by atomic mass is 16.5. The fourth-order valence-corrected chi connectivity index (χ4v) is 3.55. The molecule has 1 aromatic heterocycles. The lowest BCUT2D eigenvalue weighted by atomic mass is 10.1. The zero-order valence-corrected chi connectivity index (χ0v) is 18.4. The molecule has 162 valence electrons. The molecule has 0 bridgehead atoms. The van der Waals surface area contributed by atoms with E-state index in [1.807, 2.05) is 12.1 Å². The van der Waals surface area contributed by atoms with Gasteiger partial charge in [0.2, 0.25) is 0 Å². The van der Waals surface area contributed by atoms with Gasteiger partial charge >= 0.3 is 0 Å². The summed E-state index contributed by atoms with van der Waals surface area (Å²) in [4.78, 5) is 12.4. The van der Waals surface area contributed by atoms with Crippen LogP contribution in [0.5, 0.6) is 5.75 Å². The molecule has 4 aromatic rings. The monoisotopic (exact) mass is 425 g/mol. The summed E-state index contributed by atoms with van der Waals surface area (Å²) in [6, 6.07) is 23.8. The standard InChI is InChI=1S/C27H27N3O2/c1-3-16-32-24-14-12-22(13-15-24)27(31)29-28-17-23-19-30(26-7-5-4-6-25(23)26)18-21-10-8-20(2)9-11-21/h4-15,17,19H,3,16,18H2,1-2H3,(H,29,31)/b28-17-. The third kappa shape index (κ3) is 5.06. The van der Waals surface area contributed by atoms with Crippen molar-refractivity contribution in [2.45, 2.75) is 26.8 Å². The number of hydrogen-bond acceptors (Lipinski definition) is 3. The van der Waals surface area contributed by atoms with Gasteiger partial charge in [0, 0.05) is 34.8 Å². The van der Waals surface area contributed by atoms with Gasteiger partial charge < -0.3 is 9.30 Å². The van der Waals surface area contributed by atoms with Gasteiger partial charge in [0.1, 0.15) is 5.75 Å². The molecular formula is C27H27N3O2. The molecule has 0 fully saturated rings. The fourth-order valence-electron chi connectivity index (χ4n) is 3.55. The van der Waals surface area contributed by atoms with E-state index in [2.05, 4.69) is 71.5 Å². The molecule has 0 saturated carbocycles. The van der Waals surface area contributed by atoms with Crippen LogP contribution >= 0.6 is 0 Å². The Labute approximate surface area is 188 Å². The van der Waals surface area contributed by atoms with Crippen molar-refractivity contribution in [1.82, 2.24) is 9.99 Å². The zero-order valence-electron chi connectivity index (χ0n) is 18.4. The maximum atomic E-state index is 12.4. The summed E-state index contributed by atoms with van der Waals surface area (Å²) in [5.41, 5.74) is 7.72. The Balaban J connectivity index is 1.47. The van der Waals surface area contributed by atoms with E-state index in [9.17, 15) is 4.79 Å². The number of rotatable bonds is 8. The first-order chi connectivity index (χ1) is 15.6. The van der Waals surface area contributed by atoms with Crippen molar-refractivity contribution in [2.24, 2.45) is 5.10 Å². The summed E-state index contributed by atoms with van der Waals surface area (Å²) in [7, 11) is 0. The molecule has 5 nitrogen and oxygen atoms in total. The number of amides is 1. The molecule has 32 heavy (non-hydrogen) atoms. The zero-order chi connectivity index (χ0) is 22.3. The van der Waals surface area contributed by atoms with Gasteiger partial charge in [0.25, 0.3) is 5.91 Å². The number of nitrogens with one attached hydrogen (secondary N) is 1. The van der Waals surface area contributed by atoms with E-state index in [4.69, 9.17) is 4.74 Å². The van der Waals surface area contributed by atoms with E-state index in [0.29, 0.717) is 12.2 Å². The van der Waals surface area contributed by atoms with Crippen LogP contribution in [0.25, 0.3) is 10.9 Å². The smallest absolute Gasteiger partial charge is 0.271 e. The Kier molecular flexibility index (Phi) is 6.66. The van der Waals surface area contributed by atoms with Crippen molar-refractivity contribution in [3.8, 4) is 5.75 Å². The number of carbonyl (C=O) groups is 1. The number of benzene rings is 3. The summed E-state index contributed by atoms with van der Waals surface area (Å²) in [6.45, 7) is 5.58. The molecule has 0 saturated heterocycles. The van der Waals surface area contributed by atoms with Crippen molar-refractivity contribution in [2.75, 3.05) is 6.61 Å². The summed E-state index contributed by atoms with van der Waals surface area (Å²) in [5, 5.41) is 5.30. The predicted molar refractivity (Wildman–Crippen MR) is 130 cm³/mol. The van der Waals surface area contributed by atoms with Crippen LogP contribution < -0.4 is 10.2 Å². The number of hydrogen-bond donors (Lipinski definition) is 1. The average Bonchev–Trinajstić information content (AvgIpc) is 3.17. The lowest BCUT2D eigenvalue weighted by Crippen LogP contribution is -2.17. The molecule has 0 unspecified atom stereocenters. The second-order valence-corrected chi connectivity index (χ2v) is 7.79. The van der Waals surface area contributed by atoms with Gasteiger partial charge in [0.15, 0.2) is 0 Å². The third-order valence-corrected chi connectivity index (χ3v) is 5.25. The highest BCUT2D eigenvalue weighted by Gasteiger charge is 2.08. The first kappa shape index (κ1) is 21.4. The lowest BCUT2D eigenvalue weighted by molar-refractivity contribution is 0.0955. The van der Waals surface area contributed by atoms with Crippen molar-refractivity contribution in [3.63, 3.8) is 0 Å². The first-order valence-electron chi connectivity index (χ1n) is 10.8. The van der Waals surface area contributed by atoms with Crippen LogP contribution in [-0.4, -0.2) is 23.3 Å². The highest BCUT2D eigenvalue weighted by molar-refractivity contribution is 6.00. The van der Waals surface area contributed by atoms with E-state index in [1.54, 1.807) is 30.5 Å². The highest BCUT2D eigenvalue weighted by Crippen LogP contribution is 2.21. The third-order valence-electron chi connectivity index (χ3n) is 5.25. The van der Waals surface area contributed by atoms with Gasteiger partial charge in [-0.15, -0.1) is 0 Å². The SMILES string of the molecule is CCCOc1ccc(C(=O)N/N=C\c2cn(Cc3ccc(C)cc3)c3ccccc23)cc1. The van der Waals surface area contributed by atoms with Gasteiger partial charge in [-0.2, -0.15) is 5.10 Å².